The molecular formula is C20H25N3O4S. The summed E-state index contributed by atoms with van der Waals surface area (Å²) in [4.78, 5) is 17.9. The van der Waals surface area contributed by atoms with Gasteiger partial charge in [-0.25, -0.2) is 4.98 Å². The molecule has 8 heteroatoms. The van der Waals surface area contributed by atoms with Crippen LogP contribution in [0.5, 0.6) is 17.4 Å². The minimum absolute atomic E-state index is 0.200. The van der Waals surface area contributed by atoms with E-state index in [9.17, 15) is 4.79 Å². The van der Waals surface area contributed by atoms with Crippen LogP contribution in [-0.4, -0.2) is 61.2 Å². The van der Waals surface area contributed by atoms with Gasteiger partial charge in [0.1, 0.15) is 0 Å². The molecular weight excluding hydrogens is 378 g/mol. The molecule has 2 heterocycles. The average Bonchev–Trinajstić information content (AvgIpc) is 2.72. The van der Waals surface area contributed by atoms with Crippen molar-refractivity contribution in [2.24, 2.45) is 5.73 Å². The molecule has 0 spiro atoms. The molecule has 1 fully saturated rings. The molecule has 1 aromatic heterocycles. The maximum atomic E-state index is 11.3. The molecule has 3 rings (SSSR count). The Hall–Kier alpha value is -2.45. The van der Waals surface area contributed by atoms with E-state index in [1.165, 1.54) is 0 Å². The lowest BCUT2D eigenvalue weighted by atomic mass is 10.0. The fourth-order valence-corrected chi connectivity index (χ4v) is 4.14. The minimum Gasteiger partial charge on any atom is -0.493 e. The number of benzene rings is 1. The van der Waals surface area contributed by atoms with Gasteiger partial charge in [-0.1, -0.05) is 0 Å². The highest BCUT2D eigenvalue weighted by Gasteiger charge is 2.20. The number of methoxy groups -OCH3 is 2. The molecule has 2 N–H and O–H groups in total. The Morgan fingerprint density at radius 3 is 2.71 bits per heavy atom. The number of primary amides is 1. The number of ether oxygens (including phenoxy) is 3. The first-order valence-electron chi connectivity index (χ1n) is 9.04. The standard InChI is InChI=1S/C20H25N3O4S/c1-25-17-11-14(16-4-3-5-22-20(16)26-2)10-15(19(17)27-13-18(21)24)12-23-6-8-28-9-7-23/h3-5,10-11H,6-9,12-13H2,1-2H3,(H2,21,24). The van der Waals surface area contributed by atoms with Gasteiger partial charge in [0.2, 0.25) is 5.88 Å². The fourth-order valence-electron chi connectivity index (χ4n) is 3.17. The smallest absolute Gasteiger partial charge is 0.255 e. The first-order valence-corrected chi connectivity index (χ1v) is 10.2. The van der Waals surface area contributed by atoms with E-state index >= 15 is 0 Å². The largest absolute Gasteiger partial charge is 0.493 e. The zero-order valence-corrected chi connectivity index (χ0v) is 17.0. The molecule has 0 bridgehead atoms. The fraction of sp³-hybridized carbons (Fsp3) is 0.400. The highest BCUT2D eigenvalue weighted by Crippen LogP contribution is 2.39. The molecule has 2 aromatic rings. The molecule has 0 atom stereocenters. The van der Waals surface area contributed by atoms with Crippen molar-refractivity contribution in [1.29, 1.82) is 0 Å². The number of nitrogens with zero attached hydrogens (tertiary/aromatic N) is 2. The van der Waals surface area contributed by atoms with Crippen molar-refractivity contribution in [3.05, 3.63) is 36.0 Å². The van der Waals surface area contributed by atoms with Gasteiger partial charge in [0.05, 0.1) is 14.2 Å². The molecule has 0 radical (unpaired) electrons. The monoisotopic (exact) mass is 403 g/mol. The average molecular weight is 404 g/mol. The minimum atomic E-state index is -0.527. The molecule has 1 aliphatic rings. The summed E-state index contributed by atoms with van der Waals surface area (Å²) in [6, 6.07) is 7.72. The van der Waals surface area contributed by atoms with Crippen LogP contribution in [0.25, 0.3) is 11.1 Å². The van der Waals surface area contributed by atoms with Gasteiger partial charge in [0, 0.05) is 48.5 Å². The predicted molar refractivity (Wildman–Crippen MR) is 110 cm³/mol. The Bertz CT molecular complexity index is 825. The van der Waals surface area contributed by atoms with Gasteiger partial charge < -0.3 is 19.9 Å². The maximum Gasteiger partial charge on any atom is 0.255 e. The lowest BCUT2D eigenvalue weighted by Gasteiger charge is -2.27. The van der Waals surface area contributed by atoms with E-state index < -0.39 is 5.91 Å². The molecule has 1 saturated heterocycles. The third-order valence-corrected chi connectivity index (χ3v) is 5.43. The zero-order valence-electron chi connectivity index (χ0n) is 16.1. The number of aromatic nitrogens is 1. The molecule has 1 aromatic carbocycles. The summed E-state index contributed by atoms with van der Waals surface area (Å²) in [5.74, 6) is 3.31. The Morgan fingerprint density at radius 1 is 1.25 bits per heavy atom. The van der Waals surface area contributed by atoms with Crippen LogP contribution in [0, 0.1) is 0 Å². The first-order chi connectivity index (χ1) is 13.6. The lowest BCUT2D eigenvalue weighted by Crippen LogP contribution is -2.32. The van der Waals surface area contributed by atoms with Crippen LogP contribution in [0.1, 0.15) is 5.56 Å². The number of nitrogens with two attached hydrogens (primary N) is 1. The van der Waals surface area contributed by atoms with Crippen LogP contribution in [-0.2, 0) is 11.3 Å². The van der Waals surface area contributed by atoms with Crippen molar-refractivity contribution in [2.45, 2.75) is 6.54 Å². The number of pyridine rings is 1. The van der Waals surface area contributed by atoms with Gasteiger partial charge in [0.25, 0.3) is 5.91 Å². The highest BCUT2D eigenvalue weighted by atomic mass is 32.2. The van der Waals surface area contributed by atoms with E-state index in [0.29, 0.717) is 23.9 Å². The van der Waals surface area contributed by atoms with E-state index in [4.69, 9.17) is 19.9 Å². The Kier molecular flexibility index (Phi) is 7.00. The highest BCUT2D eigenvalue weighted by molar-refractivity contribution is 7.99. The van der Waals surface area contributed by atoms with Gasteiger partial charge in [-0.3, -0.25) is 9.69 Å². The molecule has 0 aliphatic carbocycles. The van der Waals surface area contributed by atoms with Gasteiger partial charge in [-0.2, -0.15) is 11.8 Å². The second-order valence-electron chi connectivity index (χ2n) is 6.37. The Morgan fingerprint density at radius 2 is 2.04 bits per heavy atom. The summed E-state index contributed by atoms with van der Waals surface area (Å²) in [6.45, 7) is 2.50. The Balaban J connectivity index is 2.04. The van der Waals surface area contributed by atoms with E-state index in [-0.39, 0.29) is 6.61 Å². The number of carbonyl (C=O) groups excluding carboxylic acids is 1. The van der Waals surface area contributed by atoms with Crippen molar-refractivity contribution >= 4 is 17.7 Å². The number of hydrogen-bond donors (Lipinski definition) is 1. The number of rotatable bonds is 8. The molecule has 7 nitrogen and oxygen atoms in total. The van der Waals surface area contributed by atoms with Gasteiger partial charge in [0.15, 0.2) is 18.1 Å². The van der Waals surface area contributed by atoms with E-state index in [2.05, 4.69) is 9.88 Å². The van der Waals surface area contributed by atoms with Crippen molar-refractivity contribution in [3.8, 4) is 28.5 Å². The maximum absolute atomic E-state index is 11.3. The lowest BCUT2D eigenvalue weighted by molar-refractivity contribution is -0.119. The summed E-state index contributed by atoms with van der Waals surface area (Å²) in [5.41, 5.74) is 7.99. The van der Waals surface area contributed by atoms with Crippen molar-refractivity contribution in [1.82, 2.24) is 9.88 Å². The molecule has 1 aliphatic heterocycles. The number of thioether (sulfide) groups is 1. The Labute approximate surface area is 169 Å². The van der Waals surface area contributed by atoms with Crippen LogP contribution in [0.15, 0.2) is 30.5 Å². The third-order valence-electron chi connectivity index (χ3n) is 4.48. The van der Waals surface area contributed by atoms with Crippen molar-refractivity contribution in [3.63, 3.8) is 0 Å². The summed E-state index contributed by atoms with van der Waals surface area (Å²) in [5, 5.41) is 0. The zero-order chi connectivity index (χ0) is 19.9. The first kappa shape index (κ1) is 20.3. The molecule has 0 unspecified atom stereocenters. The molecule has 28 heavy (non-hydrogen) atoms. The predicted octanol–water partition coefficient (Wildman–Crippen LogP) is 2.18. The molecule has 1 amide bonds. The normalized spacial score (nSPS) is 14.5. The van der Waals surface area contributed by atoms with Crippen LogP contribution in [0.4, 0.5) is 0 Å². The SMILES string of the molecule is COc1cc(-c2cccnc2OC)cc(CN2CCSCC2)c1OCC(N)=O. The van der Waals surface area contributed by atoms with Crippen LogP contribution >= 0.6 is 11.8 Å². The van der Waals surface area contributed by atoms with E-state index in [1.54, 1.807) is 20.4 Å². The number of carbonyl (C=O) groups is 1. The molecule has 150 valence electrons. The van der Waals surface area contributed by atoms with Gasteiger partial charge >= 0.3 is 0 Å². The van der Waals surface area contributed by atoms with Crippen molar-refractivity contribution < 1.29 is 19.0 Å². The second kappa shape index (κ2) is 9.66. The van der Waals surface area contributed by atoms with Crippen LogP contribution < -0.4 is 19.9 Å². The summed E-state index contributed by atoms with van der Waals surface area (Å²) in [7, 11) is 3.18. The number of amides is 1. The summed E-state index contributed by atoms with van der Waals surface area (Å²) >= 11 is 1.96. The quantitative estimate of drug-likeness (QED) is 0.723. The van der Waals surface area contributed by atoms with Crippen LogP contribution in [0.2, 0.25) is 0 Å². The number of hydrogen-bond acceptors (Lipinski definition) is 7. The topological polar surface area (TPSA) is 86.9 Å². The summed E-state index contributed by atoms with van der Waals surface area (Å²) < 4.78 is 16.7. The van der Waals surface area contributed by atoms with Gasteiger partial charge in [-0.05, 0) is 29.8 Å². The van der Waals surface area contributed by atoms with Gasteiger partial charge in [-0.15, -0.1) is 0 Å². The molecule has 0 saturated carbocycles. The van der Waals surface area contributed by atoms with Crippen molar-refractivity contribution in [2.75, 3.05) is 45.4 Å². The van der Waals surface area contributed by atoms with Crippen LogP contribution in [0.3, 0.4) is 0 Å². The summed E-state index contributed by atoms with van der Waals surface area (Å²) in [6.07, 6.45) is 1.69. The van der Waals surface area contributed by atoms with E-state index in [1.807, 2.05) is 36.0 Å². The van der Waals surface area contributed by atoms with E-state index in [0.717, 1.165) is 41.3 Å². The second-order valence-corrected chi connectivity index (χ2v) is 7.60. The third kappa shape index (κ3) is 4.88.